The molecule has 2 heterocycles. The van der Waals surface area contributed by atoms with E-state index in [2.05, 4.69) is 27.6 Å². The van der Waals surface area contributed by atoms with Crippen LogP contribution in [0.25, 0.3) is 0 Å². The fraction of sp³-hybridized carbons (Fsp3) is 0.368. The summed E-state index contributed by atoms with van der Waals surface area (Å²) in [6.45, 7) is 0.674. The Morgan fingerprint density at radius 1 is 1.38 bits per heavy atom. The van der Waals surface area contributed by atoms with Crippen LogP contribution in [-0.2, 0) is 17.9 Å². The van der Waals surface area contributed by atoms with E-state index in [0.29, 0.717) is 29.3 Å². The number of nitrogens with zero attached hydrogens (tertiary/aromatic N) is 2. The molecular weight excluding hydrogens is 335 g/mol. The summed E-state index contributed by atoms with van der Waals surface area (Å²) in [7, 11) is 1.60. The maximum Gasteiger partial charge on any atom is 0.320 e. The average molecular weight is 354 g/mol. The summed E-state index contributed by atoms with van der Waals surface area (Å²) in [5.41, 5.74) is 2.47. The summed E-state index contributed by atoms with van der Waals surface area (Å²) in [5, 5.41) is 9.82. The molecule has 2 aromatic rings. The molecule has 4 rings (SSSR count). The van der Waals surface area contributed by atoms with Crippen molar-refractivity contribution in [2.45, 2.75) is 32.0 Å². The number of benzene rings is 1. The standard InChI is InChI=1S/C19H19FN4O2/c1-26-11-14-6-7-24(23-14)10-13-8-18-15(9-16(13)20)17(21-19(25)22-18)5-4-12-2-3-12/h6-9,12,17H,2-3,10-11H2,1H3,(H2,21,22,25). The van der Waals surface area contributed by atoms with Gasteiger partial charge in [-0.1, -0.05) is 11.8 Å². The molecule has 2 N–H and O–H groups in total. The second kappa shape index (κ2) is 6.81. The van der Waals surface area contributed by atoms with Gasteiger partial charge >= 0.3 is 6.03 Å². The zero-order valence-corrected chi connectivity index (χ0v) is 14.4. The minimum atomic E-state index is -0.485. The van der Waals surface area contributed by atoms with Crippen LogP contribution >= 0.6 is 0 Å². The lowest BCUT2D eigenvalue weighted by atomic mass is 9.99. The second-order valence-electron chi connectivity index (χ2n) is 6.56. The van der Waals surface area contributed by atoms with Gasteiger partial charge in [-0.2, -0.15) is 5.10 Å². The van der Waals surface area contributed by atoms with Gasteiger partial charge in [-0.25, -0.2) is 9.18 Å². The smallest absolute Gasteiger partial charge is 0.320 e. The molecule has 1 saturated carbocycles. The molecule has 6 nitrogen and oxygen atoms in total. The number of ether oxygens (including phenoxy) is 1. The number of hydrogen-bond donors (Lipinski definition) is 2. The number of urea groups is 1. The van der Waals surface area contributed by atoms with Gasteiger partial charge in [-0.15, -0.1) is 0 Å². The number of methoxy groups -OCH3 is 1. The van der Waals surface area contributed by atoms with Crippen molar-refractivity contribution in [2.75, 3.05) is 12.4 Å². The molecule has 1 aliphatic carbocycles. The Balaban J connectivity index is 1.60. The van der Waals surface area contributed by atoms with Gasteiger partial charge < -0.3 is 15.4 Å². The van der Waals surface area contributed by atoms with Crippen molar-refractivity contribution in [1.29, 1.82) is 0 Å². The van der Waals surface area contributed by atoms with Crippen LogP contribution in [0.4, 0.5) is 14.9 Å². The van der Waals surface area contributed by atoms with Crippen molar-refractivity contribution in [3.63, 3.8) is 0 Å². The lowest BCUT2D eigenvalue weighted by Gasteiger charge is -2.24. The predicted molar refractivity (Wildman–Crippen MR) is 93.8 cm³/mol. The van der Waals surface area contributed by atoms with Gasteiger partial charge in [-0.05, 0) is 31.0 Å². The fourth-order valence-electron chi connectivity index (χ4n) is 2.90. The van der Waals surface area contributed by atoms with Crippen molar-refractivity contribution in [3.05, 3.63) is 47.0 Å². The molecule has 0 bridgehead atoms. The highest BCUT2D eigenvalue weighted by Crippen LogP contribution is 2.31. The summed E-state index contributed by atoms with van der Waals surface area (Å²) < 4.78 is 21.3. The van der Waals surface area contributed by atoms with E-state index in [-0.39, 0.29) is 18.4 Å². The van der Waals surface area contributed by atoms with Crippen molar-refractivity contribution >= 4 is 11.7 Å². The highest BCUT2D eigenvalue weighted by molar-refractivity contribution is 5.93. The number of aromatic nitrogens is 2. The second-order valence-corrected chi connectivity index (χ2v) is 6.56. The number of rotatable bonds is 4. The Bertz CT molecular complexity index is 908. The normalized spacial score (nSPS) is 18.4. The lowest BCUT2D eigenvalue weighted by molar-refractivity contribution is 0.181. The number of anilines is 1. The lowest BCUT2D eigenvalue weighted by Crippen LogP contribution is -2.37. The van der Waals surface area contributed by atoms with Crippen molar-refractivity contribution in [3.8, 4) is 11.8 Å². The minimum absolute atomic E-state index is 0.268. The first-order chi connectivity index (χ1) is 12.6. The maximum atomic E-state index is 14.6. The Labute approximate surface area is 150 Å². The maximum absolute atomic E-state index is 14.6. The zero-order valence-electron chi connectivity index (χ0n) is 14.4. The summed E-state index contributed by atoms with van der Waals surface area (Å²) in [5.74, 6) is 6.27. The summed E-state index contributed by atoms with van der Waals surface area (Å²) in [6.07, 6.45) is 3.97. The highest BCUT2D eigenvalue weighted by atomic mass is 19.1. The van der Waals surface area contributed by atoms with Crippen LogP contribution in [0, 0.1) is 23.6 Å². The largest absolute Gasteiger partial charge is 0.378 e. The van der Waals surface area contributed by atoms with E-state index in [1.54, 1.807) is 24.1 Å². The van der Waals surface area contributed by atoms with Gasteiger partial charge in [-0.3, -0.25) is 4.68 Å². The van der Waals surface area contributed by atoms with E-state index >= 15 is 0 Å². The van der Waals surface area contributed by atoms with E-state index in [1.165, 1.54) is 6.07 Å². The third-order valence-corrected chi connectivity index (χ3v) is 4.38. The Kier molecular flexibility index (Phi) is 4.35. The van der Waals surface area contributed by atoms with Gasteiger partial charge in [0.25, 0.3) is 0 Å². The number of carbonyl (C=O) groups is 1. The van der Waals surface area contributed by atoms with Gasteiger partial charge in [0, 0.05) is 36.0 Å². The quantitative estimate of drug-likeness (QED) is 0.830. The van der Waals surface area contributed by atoms with Gasteiger partial charge in [0.05, 0.1) is 18.8 Å². The number of carbonyl (C=O) groups excluding carboxylic acids is 1. The Morgan fingerprint density at radius 3 is 3.00 bits per heavy atom. The van der Waals surface area contributed by atoms with Crippen molar-refractivity contribution in [2.24, 2.45) is 5.92 Å². The van der Waals surface area contributed by atoms with Crippen LogP contribution in [0.1, 0.15) is 35.7 Å². The first-order valence-corrected chi connectivity index (χ1v) is 8.54. The molecule has 0 saturated heterocycles. The molecule has 134 valence electrons. The fourth-order valence-corrected chi connectivity index (χ4v) is 2.90. The number of amides is 2. The van der Waals surface area contributed by atoms with Crippen molar-refractivity contribution < 1.29 is 13.9 Å². The molecule has 1 aliphatic heterocycles. The molecule has 1 atom stereocenters. The van der Waals surface area contributed by atoms with Gasteiger partial charge in [0.1, 0.15) is 11.9 Å². The van der Waals surface area contributed by atoms with Crippen LogP contribution in [0.5, 0.6) is 0 Å². The molecule has 0 spiro atoms. The molecule has 1 aromatic heterocycles. The number of fused-ring (bicyclic) bond motifs is 1. The molecule has 1 aromatic carbocycles. The molecule has 2 aliphatic rings. The third-order valence-electron chi connectivity index (χ3n) is 4.38. The number of nitrogens with one attached hydrogen (secondary N) is 2. The van der Waals surface area contributed by atoms with Crippen LogP contribution in [0.3, 0.4) is 0 Å². The average Bonchev–Trinajstić information content (AvgIpc) is 3.34. The van der Waals surface area contributed by atoms with E-state index < -0.39 is 6.04 Å². The van der Waals surface area contributed by atoms with E-state index in [1.807, 2.05) is 6.07 Å². The predicted octanol–water partition coefficient (Wildman–Crippen LogP) is 2.81. The molecule has 0 radical (unpaired) electrons. The van der Waals surface area contributed by atoms with E-state index in [0.717, 1.165) is 18.5 Å². The Hall–Kier alpha value is -2.85. The molecule has 1 fully saturated rings. The molecule has 26 heavy (non-hydrogen) atoms. The highest BCUT2D eigenvalue weighted by Gasteiger charge is 2.26. The van der Waals surface area contributed by atoms with Crippen molar-refractivity contribution in [1.82, 2.24) is 15.1 Å². The molecule has 7 heteroatoms. The Morgan fingerprint density at radius 2 is 2.23 bits per heavy atom. The van der Waals surface area contributed by atoms with Gasteiger partial charge in [0.15, 0.2) is 0 Å². The molecular formula is C19H19FN4O2. The summed E-state index contributed by atoms with van der Waals surface area (Å²) in [4.78, 5) is 11.9. The number of halogens is 1. The summed E-state index contributed by atoms with van der Waals surface area (Å²) in [6, 6.07) is 4.12. The SMILES string of the molecule is COCc1ccn(Cc2cc3c(cc2F)C(C#CC2CC2)NC(=O)N3)n1. The van der Waals surface area contributed by atoms with Crippen LogP contribution in [0.15, 0.2) is 24.4 Å². The van der Waals surface area contributed by atoms with Crippen LogP contribution < -0.4 is 10.6 Å². The van der Waals surface area contributed by atoms with Crippen LogP contribution in [-0.4, -0.2) is 22.9 Å². The minimum Gasteiger partial charge on any atom is -0.378 e. The molecule has 1 unspecified atom stereocenters. The van der Waals surface area contributed by atoms with E-state index in [4.69, 9.17) is 4.74 Å². The zero-order chi connectivity index (χ0) is 18.1. The molecule has 2 amide bonds. The van der Waals surface area contributed by atoms with Gasteiger partial charge in [0.2, 0.25) is 0 Å². The first-order valence-electron chi connectivity index (χ1n) is 8.54. The monoisotopic (exact) mass is 354 g/mol. The summed E-state index contributed by atoms with van der Waals surface area (Å²) >= 11 is 0. The first kappa shape index (κ1) is 16.6. The van der Waals surface area contributed by atoms with Crippen LogP contribution in [0.2, 0.25) is 0 Å². The van der Waals surface area contributed by atoms with E-state index in [9.17, 15) is 9.18 Å². The third kappa shape index (κ3) is 3.55. The topological polar surface area (TPSA) is 68.2 Å². The number of hydrogen-bond acceptors (Lipinski definition) is 3.